The molecule has 0 radical (unpaired) electrons. The molecule has 0 aliphatic carbocycles. The van der Waals surface area contributed by atoms with E-state index >= 15 is 0 Å². The van der Waals surface area contributed by atoms with Gasteiger partial charge in [-0.25, -0.2) is 0 Å². The Kier molecular flexibility index (Phi) is 3.43. The molecule has 1 aliphatic heterocycles. The first-order valence-electron chi connectivity index (χ1n) is 5.13. The van der Waals surface area contributed by atoms with Gasteiger partial charge in [-0.05, 0) is 12.1 Å². The van der Waals surface area contributed by atoms with Gasteiger partial charge < -0.3 is 20.5 Å². The molecule has 0 unspecified atom stereocenters. The van der Waals surface area contributed by atoms with Crippen molar-refractivity contribution in [3.05, 3.63) is 18.2 Å². The number of thiocarbonyl (C=S) groups is 1. The summed E-state index contributed by atoms with van der Waals surface area (Å²) in [5.41, 5.74) is 5.92. The third kappa shape index (κ3) is 3.07. The second-order valence-electron chi connectivity index (χ2n) is 3.55. The second kappa shape index (κ2) is 5.01. The van der Waals surface area contributed by atoms with E-state index in [-0.39, 0.29) is 17.3 Å². The largest absolute Gasteiger partial charge is 0.486 e. The van der Waals surface area contributed by atoms with Gasteiger partial charge in [0.2, 0.25) is 5.91 Å². The first kappa shape index (κ1) is 11.7. The summed E-state index contributed by atoms with van der Waals surface area (Å²) < 4.78 is 10.8. The molecule has 1 amide bonds. The van der Waals surface area contributed by atoms with Crippen molar-refractivity contribution in [2.75, 3.05) is 18.5 Å². The van der Waals surface area contributed by atoms with E-state index in [9.17, 15) is 4.79 Å². The molecule has 0 saturated heterocycles. The Balaban J connectivity index is 2.07. The number of carbonyl (C=O) groups excluding carboxylic acids is 1. The lowest BCUT2D eigenvalue weighted by atomic mass is 10.2. The lowest BCUT2D eigenvalue weighted by Gasteiger charge is -2.18. The van der Waals surface area contributed by atoms with E-state index in [2.05, 4.69) is 17.5 Å². The number of ether oxygens (including phenoxy) is 2. The van der Waals surface area contributed by atoms with Crippen LogP contribution < -0.4 is 20.5 Å². The van der Waals surface area contributed by atoms with Crippen LogP contribution in [-0.4, -0.2) is 24.1 Å². The number of amides is 1. The molecule has 3 N–H and O–H groups in total. The number of rotatable bonds is 3. The Bertz CT molecular complexity index is 462. The third-order valence-corrected chi connectivity index (χ3v) is 2.31. The maximum Gasteiger partial charge on any atom is 0.231 e. The highest BCUT2D eigenvalue weighted by Gasteiger charge is 2.12. The number of hydrogen-bond donors (Lipinski definition) is 2. The van der Waals surface area contributed by atoms with Crippen molar-refractivity contribution >= 4 is 28.8 Å². The number of carbonyl (C=O) groups is 1. The molecule has 1 aromatic carbocycles. The van der Waals surface area contributed by atoms with Crippen LogP contribution in [0.5, 0.6) is 11.5 Å². The molecule has 1 heterocycles. The second-order valence-corrected chi connectivity index (χ2v) is 4.07. The van der Waals surface area contributed by atoms with Crippen LogP contribution in [0, 0.1) is 0 Å². The summed E-state index contributed by atoms with van der Waals surface area (Å²) in [5, 5.41) is 2.68. The van der Waals surface area contributed by atoms with E-state index in [1.54, 1.807) is 18.2 Å². The summed E-state index contributed by atoms with van der Waals surface area (Å²) in [5.74, 6) is 1.07. The minimum atomic E-state index is -0.242. The van der Waals surface area contributed by atoms with Gasteiger partial charge in [-0.15, -0.1) is 0 Å². The van der Waals surface area contributed by atoms with Crippen LogP contribution in [0.25, 0.3) is 0 Å². The lowest BCUT2D eigenvalue weighted by molar-refractivity contribution is -0.115. The quantitative estimate of drug-likeness (QED) is 0.787. The predicted molar refractivity (Wildman–Crippen MR) is 67.5 cm³/mol. The number of fused-ring (bicyclic) bond motifs is 1. The molecule has 2 rings (SSSR count). The van der Waals surface area contributed by atoms with Crippen molar-refractivity contribution < 1.29 is 14.3 Å². The van der Waals surface area contributed by atoms with Crippen LogP contribution in [0.15, 0.2) is 18.2 Å². The van der Waals surface area contributed by atoms with E-state index in [0.29, 0.717) is 30.4 Å². The molecule has 6 heteroatoms. The highest BCUT2D eigenvalue weighted by Crippen LogP contribution is 2.32. The molecule has 0 bridgehead atoms. The normalized spacial score (nSPS) is 12.9. The summed E-state index contributed by atoms with van der Waals surface area (Å²) in [6.45, 7) is 1.05. The molecule has 0 atom stereocenters. The van der Waals surface area contributed by atoms with Gasteiger partial charge in [0, 0.05) is 11.8 Å². The fourth-order valence-electron chi connectivity index (χ4n) is 1.48. The molecular formula is C11H12N2O3S. The van der Waals surface area contributed by atoms with Crippen LogP contribution in [0.4, 0.5) is 5.69 Å². The van der Waals surface area contributed by atoms with E-state index in [1.807, 2.05) is 0 Å². The smallest absolute Gasteiger partial charge is 0.231 e. The van der Waals surface area contributed by atoms with Gasteiger partial charge in [-0.2, -0.15) is 0 Å². The lowest BCUT2D eigenvalue weighted by Crippen LogP contribution is -2.20. The zero-order chi connectivity index (χ0) is 12.3. The fourth-order valence-corrected chi connectivity index (χ4v) is 1.62. The molecule has 1 aliphatic rings. The maximum absolute atomic E-state index is 11.4. The van der Waals surface area contributed by atoms with Gasteiger partial charge >= 0.3 is 0 Å². The van der Waals surface area contributed by atoms with Crippen molar-refractivity contribution in [1.29, 1.82) is 0 Å². The number of nitrogens with one attached hydrogen (secondary N) is 1. The van der Waals surface area contributed by atoms with Crippen LogP contribution in [0.3, 0.4) is 0 Å². The molecule has 0 fully saturated rings. The molecule has 1 aromatic rings. The Morgan fingerprint density at radius 2 is 2.06 bits per heavy atom. The molecular weight excluding hydrogens is 240 g/mol. The predicted octanol–water partition coefficient (Wildman–Crippen LogP) is 1.07. The first-order valence-corrected chi connectivity index (χ1v) is 5.54. The minimum absolute atomic E-state index is 0.0315. The van der Waals surface area contributed by atoms with E-state index in [1.165, 1.54) is 0 Å². The fraction of sp³-hybridized carbons (Fsp3) is 0.273. The molecule has 5 nitrogen and oxygen atoms in total. The van der Waals surface area contributed by atoms with Gasteiger partial charge in [-0.3, -0.25) is 4.79 Å². The number of nitrogens with two attached hydrogens (primary N) is 1. The minimum Gasteiger partial charge on any atom is -0.486 e. The number of hydrogen-bond acceptors (Lipinski definition) is 4. The van der Waals surface area contributed by atoms with E-state index in [0.717, 1.165) is 0 Å². The highest BCUT2D eigenvalue weighted by molar-refractivity contribution is 7.80. The van der Waals surface area contributed by atoms with Crippen molar-refractivity contribution in [3.8, 4) is 11.5 Å². The van der Waals surface area contributed by atoms with Crippen LogP contribution in [-0.2, 0) is 4.79 Å². The van der Waals surface area contributed by atoms with Crippen LogP contribution in [0.2, 0.25) is 0 Å². The summed E-state index contributed by atoms with van der Waals surface area (Å²) in [6.07, 6.45) is 0.0315. The zero-order valence-electron chi connectivity index (χ0n) is 9.06. The Morgan fingerprint density at radius 3 is 2.76 bits per heavy atom. The van der Waals surface area contributed by atoms with Crippen molar-refractivity contribution in [2.45, 2.75) is 6.42 Å². The SMILES string of the molecule is NC(=S)CC(=O)Nc1ccc2c(c1)OCCO2. The zero-order valence-corrected chi connectivity index (χ0v) is 9.88. The average Bonchev–Trinajstić information content (AvgIpc) is 2.27. The molecule has 90 valence electrons. The van der Waals surface area contributed by atoms with Gasteiger partial charge in [-0.1, -0.05) is 12.2 Å². The standard InChI is InChI=1S/C11H12N2O3S/c12-10(17)6-11(14)13-7-1-2-8-9(5-7)16-4-3-15-8/h1-2,5H,3-4,6H2,(H2,12,17)(H,13,14). The molecule has 0 saturated carbocycles. The maximum atomic E-state index is 11.4. The van der Waals surface area contributed by atoms with E-state index < -0.39 is 0 Å². The molecule has 17 heavy (non-hydrogen) atoms. The Hall–Kier alpha value is -1.82. The summed E-state index contributed by atoms with van der Waals surface area (Å²) in [6, 6.07) is 5.21. The van der Waals surface area contributed by atoms with Gasteiger partial charge in [0.25, 0.3) is 0 Å². The summed E-state index contributed by atoms with van der Waals surface area (Å²) >= 11 is 4.66. The Labute approximate surface area is 104 Å². The first-order chi connectivity index (χ1) is 8.15. The van der Waals surface area contributed by atoms with Gasteiger partial charge in [0.1, 0.15) is 13.2 Å². The van der Waals surface area contributed by atoms with Gasteiger partial charge in [0.05, 0.1) is 11.4 Å². The molecule has 0 aromatic heterocycles. The van der Waals surface area contributed by atoms with Crippen LogP contribution in [0.1, 0.15) is 6.42 Å². The number of benzene rings is 1. The topological polar surface area (TPSA) is 73.6 Å². The monoisotopic (exact) mass is 252 g/mol. The number of anilines is 1. The van der Waals surface area contributed by atoms with Crippen molar-refractivity contribution in [3.63, 3.8) is 0 Å². The van der Waals surface area contributed by atoms with Crippen LogP contribution >= 0.6 is 12.2 Å². The Morgan fingerprint density at radius 1 is 1.35 bits per heavy atom. The van der Waals surface area contributed by atoms with Crippen molar-refractivity contribution in [1.82, 2.24) is 0 Å². The third-order valence-electron chi connectivity index (χ3n) is 2.16. The highest BCUT2D eigenvalue weighted by atomic mass is 32.1. The molecule has 0 spiro atoms. The average molecular weight is 252 g/mol. The summed E-state index contributed by atoms with van der Waals surface area (Å²) in [7, 11) is 0. The van der Waals surface area contributed by atoms with Crippen molar-refractivity contribution in [2.24, 2.45) is 5.73 Å². The van der Waals surface area contributed by atoms with Gasteiger partial charge in [0.15, 0.2) is 11.5 Å². The van der Waals surface area contributed by atoms with E-state index in [4.69, 9.17) is 15.2 Å². The summed E-state index contributed by atoms with van der Waals surface area (Å²) in [4.78, 5) is 11.6.